The van der Waals surface area contributed by atoms with Crippen LogP contribution in [0, 0.1) is 0 Å². The normalized spacial score (nSPS) is 34.8. The summed E-state index contributed by atoms with van der Waals surface area (Å²) in [6.45, 7) is 0. The van der Waals surface area contributed by atoms with Crippen LogP contribution >= 0.6 is 0 Å². The van der Waals surface area contributed by atoms with Crippen molar-refractivity contribution in [2.24, 2.45) is 0 Å². The molecule has 2 aliphatic heterocycles. The molecule has 0 amide bonds. The highest BCUT2D eigenvalue weighted by molar-refractivity contribution is 5.92. The molecular formula is C34H30O6. The third kappa shape index (κ3) is 3.05. The molecule has 3 aliphatic rings. The number of ether oxygens (including phenoxy) is 2. The summed E-state index contributed by atoms with van der Waals surface area (Å²) in [4.78, 5) is 14.2. The second-order valence-electron chi connectivity index (χ2n) is 11.1. The van der Waals surface area contributed by atoms with E-state index in [2.05, 4.69) is 0 Å². The highest BCUT2D eigenvalue weighted by Gasteiger charge is 2.99. The Bertz CT molecular complexity index is 1530. The minimum absolute atomic E-state index is 0.0269. The zero-order chi connectivity index (χ0) is 27.6. The van der Waals surface area contributed by atoms with Crippen molar-refractivity contribution in [3.63, 3.8) is 0 Å². The first kappa shape index (κ1) is 25.2. The van der Waals surface area contributed by atoms with Crippen LogP contribution in [-0.4, -0.2) is 44.2 Å². The van der Waals surface area contributed by atoms with Crippen LogP contribution in [0.25, 0.3) is 0 Å². The van der Waals surface area contributed by atoms with Gasteiger partial charge in [0.15, 0.2) is 16.8 Å². The maximum absolute atomic E-state index is 14.2. The van der Waals surface area contributed by atoms with E-state index in [1.54, 1.807) is 36.4 Å². The summed E-state index contributed by atoms with van der Waals surface area (Å²) < 4.78 is 13.1. The minimum Gasteiger partial charge on any atom is -0.450 e. The van der Waals surface area contributed by atoms with Gasteiger partial charge in [-0.15, -0.1) is 0 Å². The number of hydrogen-bond donors (Lipinski definition) is 3. The summed E-state index contributed by atoms with van der Waals surface area (Å²) in [5.41, 5.74) is -4.78. The SMILES string of the molecule is O=C1O[C@]2([C@H](O)c3ccccc3)[C@@H](c3ccccc3)C[C@H](O)[C@](O)(c3ccccc3)[C@@]23OC13Cc1ccccc1. The maximum atomic E-state index is 14.2. The zero-order valence-corrected chi connectivity index (χ0v) is 21.8. The summed E-state index contributed by atoms with van der Waals surface area (Å²) in [6, 6.07) is 36.6. The Balaban J connectivity index is 1.53. The van der Waals surface area contributed by atoms with Gasteiger partial charge in [-0.2, -0.15) is 0 Å². The van der Waals surface area contributed by atoms with E-state index in [9.17, 15) is 20.1 Å². The fourth-order valence-corrected chi connectivity index (χ4v) is 7.52. The monoisotopic (exact) mass is 534 g/mol. The van der Waals surface area contributed by atoms with Gasteiger partial charge in [-0.25, -0.2) is 4.79 Å². The van der Waals surface area contributed by atoms with Crippen molar-refractivity contribution in [1.29, 1.82) is 0 Å². The molecule has 1 spiro atoms. The molecule has 4 aromatic carbocycles. The molecule has 2 heterocycles. The molecule has 0 aromatic heterocycles. The van der Waals surface area contributed by atoms with Crippen molar-refractivity contribution in [1.82, 2.24) is 0 Å². The Labute approximate surface area is 232 Å². The quantitative estimate of drug-likeness (QED) is 0.253. The van der Waals surface area contributed by atoms with Crippen molar-refractivity contribution in [3.05, 3.63) is 144 Å². The van der Waals surface area contributed by atoms with E-state index in [1.165, 1.54) is 0 Å². The van der Waals surface area contributed by atoms with Gasteiger partial charge in [0, 0.05) is 12.3 Å². The summed E-state index contributed by atoms with van der Waals surface area (Å²) >= 11 is 0. The van der Waals surface area contributed by atoms with Crippen LogP contribution in [0.3, 0.4) is 0 Å². The third-order valence-electron chi connectivity index (χ3n) is 9.22. The lowest BCUT2D eigenvalue weighted by molar-refractivity contribution is -0.263. The number of esters is 1. The van der Waals surface area contributed by atoms with E-state index in [4.69, 9.17) is 9.47 Å². The van der Waals surface area contributed by atoms with Crippen LogP contribution in [0.1, 0.15) is 40.7 Å². The predicted octanol–water partition coefficient (Wildman–Crippen LogP) is 4.20. The van der Waals surface area contributed by atoms with Gasteiger partial charge < -0.3 is 24.8 Å². The maximum Gasteiger partial charge on any atom is 0.342 e. The number of carbonyl (C=O) groups is 1. The first-order valence-corrected chi connectivity index (χ1v) is 13.6. The molecule has 3 fully saturated rings. The second kappa shape index (κ2) is 8.85. The molecular weight excluding hydrogens is 504 g/mol. The van der Waals surface area contributed by atoms with Gasteiger partial charge in [0.2, 0.25) is 5.60 Å². The summed E-state index contributed by atoms with van der Waals surface area (Å²) in [6.07, 6.45) is -2.56. The fraction of sp³-hybridized carbons (Fsp3) is 0.265. The standard InChI is InChI=1S/C34H30O6/c35-28-21-27(24-15-7-2-8-16-24)33(29(36)25-17-9-3-10-18-25)34(32(28,38)26-19-11-4-12-20-26)31(40-34,30(37)39-33)22-23-13-5-1-6-14-23/h1-20,27-29,35-36,38H,21-22H2/t27-,28+,29-,31?,32-,33+,34-/m1/s1. The Kier molecular flexibility index (Phi) is 5.57. The van der Waals surface area contributed by atoms with Crippen LogP contribution < -0.4 is 0 Å². The first-order valence-electron chi connectivity index (χ1n) is 13.6. The molecule has 7 atom stereocenters. The third-order valence-corrected chi connectivity index (χ3v) is 9.22. The van der Waals surface area contributed by atoms with Gasteiger partial charge in [0.1, 0.15) is 6.10 Å². The Morgan fingerprint density at radius 1 is 0.800 bits per heavy atom. The van der Waals surface area contributed by atoms with Gasteiger partial charge in [0.05, 0.1) is 6.10 Å². The first-order chi connectivity index (χ1) is 19.4. The van der Waals surface area contributed by atoms with Crippen molar-refractivity contribution in [2.45, 2.75) is 53.4 Å². The number of aliphatic hydroxyl groups is 3. The average Bonchev–Trinajstić information content (AvgIpc) is 3.64. The fourth-order valence-electron chi connectivity index (χ4n) is 7.52. The van der Waals surface area contributed by atoms with E-state index < -0.39 is 46.5 Å². The van der Waals surface area contributed by atoms with E-state index in [0.29, 0.717) is 11.1 Å². The molecule has 0 bridgehead atoms. The molecule has 7 rings (SSSR count). The van der Waals surface area contributed by atoms with Crippen molar-refractivity contribution >= 4 is 5.97 Å². The molecule has 3 N–H and O–H groups in total. The van der Waals surface area contributed by atoms with E-state index in [1.807, 2.05) is 84.9 Å². The summed E-state index contributed by atoms with van der Waals surface area (Å²) in [7, 11) is 0. The number of aliphatic hydroxyl groups excluding tert-OH is 2. The van der Waals surface area contributed by atoms with Crippen molar-refractivity contribution < 1.29 is 29.6 Å². The van der Waals surface area contributed by atoms with Gasteiger partial charge in [-0.05, 0) is 28.7 Å². The Morgan fingerprint density at radius 2 is 1.35 bits per heavy atom. The lowest BCUT2D eigenvalue weighted by Gasteiger charge is -2.56. The highest BCUT2D eigenvalue weighted by atomic mass is 16.7. The number of carbonyl (C=O) groups excluding carboxylic acids is 1. The van der Waals surface area contributed by atoms with Crippen LogP contribution in [0.2, 0.25) is 0 Å². The largest absolute Gasteiger partial charge is 0.450 e. The molecule has 0 radical (unpaired) electrons. The number of benzene rings is 4. The minimum atomic E-state index is -2.07. The van der Waals surface area contributed by atoms with Gasteiger partial charge in [-0.3, -0.25) is 0 Å². The number of hydrogen-bond acceptors (Lipinski definition) is 6. The average molecular weight is 535 g/mol. The molecule has 1 saturated carbocycles. The molecule has 1 unspecified atom stereocenters. The summed E-state index contributed by atoms with van der Waals surface area (Å²) in [5, 5.41) is 37.1. The smallest absolute Gasteiger partial charge is 0.342 e. The lowest BCUT2D eigenvalue weighted by Crippen LogP contribution is -2.71. The number of epoxide rings is 1. The molecule has 202 valence electrons. The van der Waals surface area contributed by atoms with Gasteiger partial charge >= 0.3 is 5.97 Å². The molecule has 6 heteroatoms. The zero-order valence-electron chi connectivity index (χ0n) is 21.8. The van der Waals surface area contributed by atoms with Gasteiger partial charge in [-0.1, -0.05) is 121 Å². The Hall–Kier alpha value is -3.81. The lowest BCUT2D eigenvalue weighted by atomic mass is 9.51. The van der Waals surface area contributed by atoms with E-state index in [0.717, 1.165) is 11.1 Å². The Morgan fingerprint density at radius 3 is 1.98 bits per heavy atom. The molecule has 4 aromatic rings. The van der Waals surface area contributed by atoms with Crippen LogP contribution in [0.15, 0.2) is 121 Å². The van der Waals surface area contributed by atoms with Crippen LogP contribution in [-0.2, 0) is 26.3 Å². The number of rotatable bonds is 6. The molecule has 1 aliphatic carbocycles. The summed E-state index contributed by atoms with van der Waals surface area (Å²) in [5.74, 6) is -1.34. The van der Waals surface area contributed by atoms with Crippen molar-refractivity contribution in [3.8, 4) is 0 Å². The molecule has 40 heavy (non-hydrogen) atoms. The molecule has 2 saturated heterocycles. The van der Waals surface area contributed by atoms with E-state index >= 15 is 0 Å². The highest BCUT2D eigenvalue weighted by Crippen LogP contribution is 2.78. The molecule has 6 nitrogen and oxygen atoms in total. The second-order valence-corrected chi connectivity index (χ2v) is 11.1. The topological polar surface area (TPSA) is 99.5 Å². The van der Waals surface area contributed by atoms with Crippen molar-refractivity contribution in [2.75, 3.05) is 0 Å². The predicted molar refractivity (Wildman–Crippen MR) is 147 cm³/mol. The van der Waals surface area contributed by atoms with Gasteiger partial charge in [0.25, 0.3) is 0 Å². The van der Waals surface area contributed by atoms with Crippen LogP contribution in [0.5, 0.6) is 0 Å². The van der Waals surface area contributed by atoms with E-state index in [-0.39, 0.29) is 12.8 Å². The van der Waals surface area contributed by atoms with Crippen LogP contribution in [0.4, 0.5) is 0 Å².